The molecular formula is C14H29KO4S. The minimum absolute atomic E-state index is 0. The summed E-state index contributed by atoms with van der Waals surface area (Å²) in [6, 6.07) is 0. The molecule has 0 spiro atoms. The quantitative estimate of drug-likeness (QED) is 0.315. The summed E-state index contributed by atoms with van der Waals surface area (Å²) in [4.78, 5) is 0. The summed E-state index contributed by atoms with van der Waals surface area (Å²) in [7, 11) is -4.09. The Morgan fingerprint density at radius 1 is 0.950 bits per heavy atom. The van der Waals surface area contributed by atoms with E-state index in [2.05, 4.69) is 0 Å². The second-order valence-electron chi connectivity index (χ2n) is 5.42. The van der Waals surface area contributed by atoms with Gasteiger partial charge in [0.1, 0.15) is 0 Å². The Hall–Kier alpha value is 1.51. The van der Waals surface area contributed by atoms with Gasteiger partial charge in [-0.1, -0.05) is 51.9 Å². The van der Waals surface area contributed by atoms with E-state index in [4.69, 9.17) is 0 Å². The van der Waals surface area contributed by atoms with Gasteiger partial charge < -0.3 is 9.66 Å². The molecule has 0 aliphatic heterocycles. The van der Waals surface area contributed by atoms with Gasteiger partial charge in [-0.05, 0) is 26.2 Å². The van der Waals surface area contributed by atoms with E-state index >= 15 is 0 Å². The predicted molar refractivity (Wildman–Crippen MR) is 77.0 cm³/mol. The van der Waals surface area contributed by atoms with Crippen molar-refractivity contribution in [2.45, 2.75) is 89.4 Å². The average Bonchev–Trinajstić information content (AvgIpc) is 2.34. The minimum Gasteiger partial charge on any atom is -0.748 e. The first-order valence-corrected chi connectivity index (χ1v) is 8.97. The fraction of sp³-hybridized carbons (Fsp3) is 1.00. The van der Waals surface area contributed by atoms with Crippen LogP contribution in [-0.2, 0) is 10.1 Å². The normalized spacial score (nSPS) is 14.6. The van der Waals surface area contributed by atoms with Crippen molar-refractivity contribution in [2.24, 2.45) is 0 Å². The number of hydrogen-bond acceptors (Lipinski definition) is 4. The Kier molecular flexibility index (Phi) is 16.8. The van der Waals surface area contributed by atoms with Crippen LogP contribution in [0.15, 0.2) is 0 Å². The van der Waals surface area contributed by atoms with Crippen LogP contribution in [0.3, 0.4) is 0 Å². The summed E-state index contributed by atoms with van der Waals surface area (Å²) in [6.07, 6.45) is 9.55. The third-order valence-corrected chi connectivity index (χ3v) is 4.83. The van der Waals surface area contributed by atoms with Crippen molar-refractivity contribution in [3.05, 3.63) is 0 Å². The Labute approximate surface area is 167 Å². The molecule has 0 aromatic carbocycles. The summed E-state index contributed by atoms with van der Waals surface area (Å²) in [5.41, 5.74) is 0. The third-order valence-electron chi connectivity index (χ3n) is 3.61. The molecule has 6 heteroatoms. The van der Waals surface area contributed by atoms with Gasteiger partial charge in [-0.3, -0.25) is 0 Å². The molecule has 0 rings (SSSR count). The molecular weight excluding hydrogens is 303 g/mol. The zero-order chi connectivity index (χ0) is 14.7. The molecule has 0 radical (unpaired) electrons. The number of hydrogen-bond donors (Lipinski definition) is 1. The van der Waals surface area contributed by atoms with E-state index in [1.165, 1.54) is 13.3 Å². The van der Waals surface area contributed by atoms with Crippen LogP contribution in [0.5, 0.6) is 0 Å². The van der Waals surface area contributed by atoms with Crippen LogP contribution in [-0.4, -0.2) is 29.4 Å². The van der Waals surface area contributed by atoms with Gasteiger partial charge >= 0.3 is 51.4 Å². The van der Waals surface area contributed by atoms with Gasteiger partial charge in [0.2, 0.25) is 0 Å². The molecule has 0 saturated heterocycles. The van der Waals surface area contributed by atoms with E-state index in [0.717, 1.165) is 51.4 Å². The van der Waals surface area contributed by atoms with Gasteiger partial charge in [0.05, 0.1) is 16.2 Å². The summed E-state index contributed by atoms with van der Waals surface area (Å²) in [6.45, 7) is 3.48. The molecule has 0 aromatic heterocycles. The first kappa shape index (κ1) is 23.8. The molecule has 1 N–H and O–H groups in total. The van der Waals surface area contributed by atoms with Gasteiger partial charge in [-0.15, -0.1) is 0 Å². The Morgan fingerprint density at radius 2 is 1.35 bits per heavy atom. The molecule has 20 heavy (non-hydrogen) atoms. The van der Waals surface area contributed by atoms with Crippen molar-refractivity contribution in [1.29, 1.82) is 0 Å². The van der Waals surface area contributed by atoms with Crippen LogP contribution in [0.1, 0.15) is 78.1 Å². The summed E-state index contributed by atoms with van der Waals surface area (Å²) >= 11 is 0. The molecule has 0 amide bonds. The largest absolute Gasteiger partial charge is 1.00 e. The molecule has 0 fully saturated rings. The number of aliphatic hydroxyl groups is 1. The minimum atomic E-state index is -4.09. The van der Waals surface area contributed by atoms with Crippen molar-refractivity contribution in [3.8, 4) is 0 Å². The fourth-order valence-corrected chi connectivity index (χ4v) is 2.50. The Balaban J connectivity index is 0. The molecule has 4 nitrogen and oxygen atoms in total. The van der Waals surface area contributed by atoms with Gasteiger partial charge in [-0.2, -0.15) is 0 Å². The van der Waals surface area contributed by atoms with E-state index in [-0.39, 0.29) is 57.5 Å². The van der Waals surface area contributed by atoms with Crippen LogP contribution in [0, 0.1) is 0 Å². The fourth-order valence-electron chi connectivity index (χ4n) is 2.04. The maximum atomic E-state index is 10.7. The van der Waals surface area contributed by atoms with Crippen LogP contribution in [0.25, 0.3) is 0 Å². The van der Waals surface area contributed by atoms with Gasteiger partial charge in [0.25, 0.3) is 0 Å². The summed E-state index contributed by atoms with van der Waals surface area (Å²) in [5.74, 6) is 0. The van der Waals surface area contributed by atoms with Gasteiger partial charge in [-0.25, -0.2) is 8.42 Å². The smallest absolute Gasteiger partial charge is 0.748 e. The van der Waals surface area contributed by atoms with Gasteiger partial charge in [0, 0.05) is 5.25 Å². The van der Waals surface area contributed by atoms with Crippen LogP contribution in [0.4, 0.5) is 0 Å². The van der Waals surface area contributed by atoms with Crippen molar-refractivity contribution in [1.82, 2.24) is 0 Å². The zero-order valence-corrected chi connectivity index (χ0v) is 17.2. The standard InChI is InChI=1S/C14H30O4S.K/c1-3-14(15)12-10-8-6-4-5-7-9-11-13(2)19(16,17)18;/h13-15H,3-12H2,1-2H3,(H,16,17,18);/q;+1/p-1. The zero-order valence-electron chi connectivity index (χ0n) is 13.3. The molecule has 0 bridgehead atoms. The first-order chi connectivity index (χ1) is 8.88. The van der Waals surface area contributed by atoms with E-state index in [9.17, 15) is 18.1 Å². The number of rotatable bonds is 12. The van der Waals surface area contributed by atoms with E-state index < -0.39 is 15.4 Å². The Bertz CT molecular complexity index is 306. The van der Waals surface area contributed by atoms with Crippen molar-refractivity contribution in [3.63, 3.8) is 0 Å². The molecule has 2 unspecified atom stereocenters. The SMILES string of the molecule is CCC(O)CCCCCCCCCC(C)S(=O)(=O)[O-].[K+]. The van der Waals surface area contributed by atoms with Crippen LogP contribution < -0.4 is 51.4 Å². The van der Waals surface area contributed by atoms with Crippen LogP contribution >= 0.6 is 0 Å². The monoisotopic (exact) mass is 332 g/mol. The molecule has 0 aliphatic carbocycles. The predicted octanol–water partition coefficient (Wildman–Crippen LogP) is 0.206. The van der Waals surface area contributed by atoms with Crippen molar-refractivity contribution >= 4 is 10.1 Å². The molecule has 0 aromatic rings. The van der Waals surface area contributed by atoms with E-state index in [1.54, 1.807) is 0 Å². The van der Waals surface area contributed by atoms with E-state index in [1.807, 2.05) is 6.92 Å². The molecule has 0 heterocycles. The Morgan fingerprint density at radius 3 is 1.75 bits per heavy atom. The average molecular weight is 333 g/mol. The number of aliphatic hydroxyl groups excluding tert-OH is 1. The summed E-state index contributed by atoms with van der Waals surface area (Å²) < 4.78 is 32.0. The first-order valence-electron chi connectivity index (χ1n) is 7.50. The van der Waals surface area contributed by atoms with Gasteiger partial charge in [0.15, 0.2) is 0 Å². The third kappa shape index (κ3) is 14.4. The van der Waals surface area contributed by atoms with Crippen molar-refractivity contribution < 1.29 is 69.5 Å². The second-order valence-corrected chi connectivity index (χ2v) is 7.21. The maximum Gasteiger partial charge on any atom is 1.00 e. The molecule has 0 saturated carbocycles. The van der Waals surface area contributed by atoms with Crippen molar-refractivity contribution in [2.75, 3.05) is 0 Å². The second kappa shape index (κ2) is 14.1. The van der Waals surface area contributed by atoms with Crippen LogP contribution in [0.2, 0.25) is 0 Å². The molecule has 2 atom stereocenters. The number of unbranched alkanes of at least 4 members (excludes halogenated alkanes) is 6. The topological polar surface area (TPSA) is 77.4 Å². The molecule has 116 valence electrons. The summed E-state index contributed by atoms with van der Waals surface area (Å²) in [5, 5.41) is 8.63. The molecule has 0 aliphatic rings. The maximum absolute atomic E-state index is 10.7. The van der Waals surface area contributed by atoms with E-state index in [0.29, 0.717) is 6.42 Å².